The lowest BCUT2D eigenvalue weighted by atomic mass is 9.96. The quantitative estimate of drug-likeness (QED) is 0.762. The fourth-order valence-electron chi connectivity index (χ4n) is 3.54. The molecule has 160 valence electrons. The van der Waals surface area contributed by atoms with Gasteiger partial charge in [-0.1, -0.05) is 18.6 Å². The number of benzene rings is 1. The molecule has 0 radical (unpaired) electrons. The van der Waals surface area contributed by atoms with Gasteiger partial charge in [-0.3, -0.25) is 4.68 Å². The summed E-state index contributed by atoms with van der Waals surface area (Å²) in [6, 6.07) is 5.89. The van der Waals surface area contributed by atoms with Crippen LogP contribution in [0, 0.1) is 0 Å². The van der Waals surface area contributed by atoms with Crippen LogP contribution in [0.2, 0.25) is 0 Å². The van der Waals surface area contributed by atoms with Gasteiger partial charge in [0.2, 0.25) is 10.0 Å². The van der Waals surface area contributed by atoms with Crippen molar-refractivity contribution in [2.45, 2.75) is 61.9 Å². The standard InChI is InChI=1S/C19H24F3N3O3S/c1-18(26,19(20,21)22)15-6-8-17(9-7-15)29(27,28)25-13-3-2-5-16(25)10-14-24-12-4-11-23-24/h4,6-9,11-12,16,26H,2-3,5,10,13-14H2,1H3. The van der Waals surface area contributed by atoms with E-state index in [4.69, 9.17) is 0 Å². The number of hydrogen-bond acceptors (Lipinski definition) is 4. The number of piperidine rings is 1. The number of rotatable bonds is 6. The summed E-state index contributed by atoms with van der Waals surface area (Å²) in [6.07, 6.45) is 1.59. The average molecular weight is 431 g/mol. The number of sulfonamides is 1. The van der Waals surface area contributed by atoms with Crippen LogP contribution in [0.3, 0.4) is 0 Å². The Hall–Kier alpha value is -1.91. The van der Waals surface area contributed by atoms with Gasteiger partial charge < -0.3 is 5.11 Å². The number of aryl methyl sites for hydroxylation is 1. The molecule has 3 rings (SSSR count). The summed E-state index contributed by atoms with van der Waals surface area (Å²) in [5.74, 6) is 0. The van der Waals surface area contributed by atoms with E-state index in [0.717, 1.165) is 43.5 Å². The maximum atomic E-state index is 13.1. The highest BCUT2D eigenvalue weighted by Gasteiger charge is 2.51. The van der Waals surface area contributed by atoms with Crippen LogP contribution in [0.15, 0.2) is 47.6 Å². The predicted molar refractivity (Wildman–Crippen MR) is 100 cm³/mol. The Morgan fingerprint density at radius 2 is 1.90 bits per heavy atom. The van der Waals surface area contributed by atoms with Gasteiger partial charge in [-0.25, -0.2) is 8.42 Å². The highest BCUT2D eigenvalue weighted by atomic mass is 32.2. The number of halogens is 3. The summed E-state index contributed by atoms with van der Waals surface area (Å²) in [5, 5.41) is 13.9. The molecule has 29 heavy (non-hydrogen) atoms. The molecule has 6 nitrogen and oxygen atoms in total. The number of aliphatic hydroxyl groups is 1. The molecule has 2 aromatic rings. The van der Waals surface area contributed by atoms with Gasteiger partial charge in [-0.15, -0.1) is 0 Å². The first kappa shape index (κ1) is 21.8. The molecule has 1 aliphatic rings. The minimum Gasteiger partial charge on any atom is -0.376 e. The first-order valence-electron chi connectivity index (χ1n) is 9.42. The Morgan fingerprint density at radius 1 is 1.21 bits per heavy atom. The second-order valence-corrected chi connectivity index (χ2v) is 9.31. The van der Waals surface area contributed by atoms with Crippen LogP contribution < -0.4 is 0 Å². The number of hydrogen-bond donors (Lipinski definition) is 1. The minimum atomic E-state index is -4.86. The van der Waals surface area contributed by atoms with Crippen LogP contribution >= 0.6 is 0 Å². The van der Waals surface area contributed by atoms with E-state index in [2.05, 4.69) is 5.10 Å². The molecule has 2 atom stereocenters. The molecule has 0 aliphatic carbocycles. The van der Waals surface area contributed by atoms with Gasteiger partial charge in [0, 0.05) is 31.5 Å². The Labute approximate surface area is 168 Å². The van der Waals surface area contributed by atoms with Gasteiger partial charge in [0.1, 0.15) is 0 Å². The Balaban J connectivity index is 1.80. The summed E-state index contributed by atoms with van der Waals surface area (Å²) in [6.45, 7) is 1.59. The van der Waals surface area contributed by atoms with Crippen molar-refractivity contribution in [2.75, 3.05) is 6.54 Å². The summed E-state index contributed by atoms with van der Waals surface area (Å²) in [7, 11) is -3.86. The lowest BCUT2D eigenvalue weighted by Gasteiger charge is -2.35. The second-order valence-electron chi connectivity index (χ2n) is 7.42. The van der Waals surface area contributed by atoms with E-state index in [1.165, 1.54) is 4.31 Å². The lowest BCUT2D eigenvalue weighted by Crippen LogP contribution is -2.44. The molecule has 1 aromatic heterocycles. The summed E-state index contributed by atoms with van der Waals surface area (Å²) >= 11 is 0. The molecule has 0 bridgehead atoms. The van der Waals surface area contributed by atoms with Crippen molar-refractivity contribution >= 4 is 10.0 Å². The average Bonchev–Trinajstić information content (AvgIpc) is 3.19. The zero-order valence-electron chi connectivity index (χ0n) is 16.0. The molecular weight excluding hydrogens is 407 g/mol. The first-order chi connectivity index (χ1) is 13.5. The zero-order chi connectivity index (χ0) is 21.3. The van der Waals surface area contributed by atoms with Crippen molar-refractivity contribution in [3.05, 3.63) is 48.3 Å². The monoisotopic (exact) mass is 431 g/mol. The Kier molecular flexibility index (Phi) is 6.07. The Bertz CT molecular complexity index is 910. The van der Waals surface area contributed by atoms with Crippen molar-refractivity contribution < 1.29 is 26.7 Å². The molecule has 2 heterocycles. The van der Waals surface area contributed by atoms with E-state index in [9.17, 15) is 26.7 Å². The van der Waals surface area contributed by atoms with Crippen molar-refractivity contribution in [3.63, 3.8) is 0 Å². The SMILES string of the molecule is CC(O)(c1ccc(S(=O)(=O)N2CCCCC2CCn2cccn2)cc1)C(F)(F)F. The van der Waals surface area contributed by atoms with Crippen molar-refractivity contribution in [1.82, 2.24) is 14.1 Å². The zero-order valence-corrected chi connectivity index (χ0v) is 16.8. The molecule has 2 unspecified atom stereocenters. The van der Waals surface area contributed by atoms with Crippen molar-refractivity contribution in [2.24, 2.45) is 0 Å². The smallest absolute Gasteiger partial charge is 0.376 e. The van der Waals surface area contributed by atoms with Crippen molar-refractivity contribution in [3.8, 4) is 0 Å². The fraction of sp³-hybridized carbons (Fsp3) is 0.526. The normalized spacial score (nSPS) is 21.1. The van der Waals surface area contributed by atoms with Gasteiger partial charge in [0.15, 0.2) is 5.60 Å². The van der Waals surface area contributed by atoms with E-state index in [0.29, 0.717) is 26.4 Å². The fourth-order valence-corrected chi connectivity index (χ4v) is 5.27. The van der Waals surface area contributed by atoms with Gasteiger partial charge in [0.25, 0.3) is 0 Å². The van der Waals surface area contributed by atoms with Crippen LogP contribution in [0.5, 0.6) is 0 Å². The van der Waals surface area contributed by atoms with E-state index >= 15 is 0 Å². The van der Waals surface area contributed by atoms with Crippen LogP contribution in [0.1, 0.15) is 38.2 Å². The molecule has 0 saturated carbocycles. The maximum absolute atomic E-state index is 13.1. The molecule has 1 aliphatic heterocycles. The Morgan fingerprint density at radius 3 is 2.48 bits per heavy atom. The van der Waals surface area contributed by atoms with Crippen LogP contribution in [0.4, 0.5) is 13.2 Å². The largest absolute Gasteiger partial charge is 0.421 e. The molecular formula is C19H24F3N3O3S. The van der Waals surface area contributed by atoms with E-state index < -0.39 is 27.4 Å². The van der Waals surface area contributed by atoms with Crippen molar-refractivity contribution in [1.29, 1.82) is 0 Å². The molecule has 0 amide bonds. The second kappa shape index (κ2) is 8.08. The van der Waals surface area contributed by atoms with Crippen LogP contribution in [-0.4, -0.2) is 46.4 Å². The summed E-state index contributed by atoms with van der Waals surface area (Å²) < 4.78 is 68.5. The van der Waals surface area contributed by atoms with E-state index in [-0.39, 0.29) is 10.9 Å². The molecule has 1 N–H and O–H groups in total. The number of nitrogens with zero attached hydrogens (tertiary/aromatic N) is 3. The lowest BCUT2D eigenvalue weighted by molar-refractivity contribution is -0.258. The molecule has 0 spiro atoms. The van der Waals surface area contributed by atoms with Gasteiger partial charge in [0.05, 0.1) is 4.90 Å². The van der Waals surface area contributed by atoms with E-state index in [1.54, 1.807) is 16.9 Å². The third kappa shape index (κ3) is 4.49. The first-order valence-corrected chi connectivity index (χ1v) is 10.9. The molecule has 1 aromatic carbocycles. The molecule has 10 heteroatoms. The summed E-state index contributed by atoms with van der Waals surface area (Å²) in [5.41, 5.74) is -3.45. The number of aromatic nitrogens is 2. The third-order valence-corrected chi connectivity index (χ3v) is 7.36. The summed E-state index contributed by atoms with van der Waals surface area (Å²) in [4.78, 5) is -0.0785. The highest BCUT2D eigenvalue weighted by Crippen LogP contribution is 2.39. The van der Waals surface area contributed by atoms with Gasteiger partial charge >= 0.3 is 6.18 Å². The van der Waals surface area contributed by atoms with Gasteiger partial charge in [-0.2, -0.15) is 22.6 Å². The topological polar surface area (TPSA) is 75.4 Å². The van der Waals surface area contributed by atoms with E-state index in [1.807, 2.05) is 6.20 Å². The third-order valence-electron chi connectivity index (χ3n) is 5.40. The number of alkyl halides is 3. The van der Waals surface area contributed by atoms with Gasteiger partial charge in [-0.05, 0) is 49.9 Å². The maximum Gasteiger partial charge on any atom is 0.421 e. The molecule has 1 saturated heterocycles. The molecule has 1 fully saturated rings. The highest BCUT2D eigenvalue weighted by molar-refractivity contribution is 7.89. The predicted octanol–water partition coefficient (Wildman–Crippen LogP) is 3.29. The van der Waals surface area contributed by atoms with Crippen LogP contribution in [-0.2, 0) is 22.2 Å². The minimum absolute atomic E-state index is 0.0785. The van der Waals surface area contributed by atoms with Crippen LogP contribution in [0.25, 0.3) is 0 Å².